The third-order valence-electron chi connectivity index (χ3n) is 3.74. The number of ether oxygens (including phenoxy) is 1. The van der Waals surface area contributed by atoms with Crippen molar-refractivity contribution in [2.24, 2.45) is 0 Å². The number of hydrogen-bond donors (Lipinski definition) is 1. The fourth-order valence-electron chi connectivity index (χ4n) is 2.52. The van der Waals surface area contributed by atoms with E-state index in [1.165, 1.54) is 16.4 Å². The molecule has 1 aromatic carbocycles. The molecule has 0 aliphatic carbocycles. The molecule has 0 spiro atoms. The van der Waals surface area contributed by atoms with Gasteiger partial charge in [-0.05, 0) is 52.0 Å². The number of piperazine rings is 1. The average molecular weight is 355 g/mol. The zero-order valence-electron chi connectivity index (χ0n) is 14.5. The van der Waals surface area contributed by atoms with Crippen molar-refractivity contribution in [3.63, 3.8) is 0 Å². The molecule has 1 atom stereocenters. The standard InChI is InChI=1S/C16H25N3O4S/c1-12-11-18(9-10-19(12)15(20)23-16(2,3)4)24(21,22)14-7-5-13(17)6-8-14/h5-8,12H,9-11,17H2,1-4H3/t12-/m0/s1. The third kappa shape index (κ3) is 4.18. The molecule has 1 aromatic rings. The van der Waals surface area contributed by atoms with Crippen molar-refractivity contribution in [1.82, 2.24) is 9.21 Å². The smallest absolute Gasteiger partial charge is 0.410 e. The Kier molecular flexibility index (Phi) is 5.10. The van der Waals surface area contributed by atoms with Crippen LogP contribution in [0.3, 0.4) is 0 Å². The van der Waals surface area contributed by atoms with Crippen LogP contribution in [0, 0.1) is 0 Å². The Balaban J connectivity index is 2.10. The molecule has 2 rings (SSSR count). The molecule has 1 saturated heterocycles. The summed E-state index contributed by atoms with van der Waals surface area (Å²) in [5.74, 6) is 0. The van der Waals surface area contributed by atoms with E-state index in [1.54, 1.807) is 37.8 Å². The number of carbonyl (C=O) groups is 1. The number of nitrogens with two attached hydrogens (primary N) is 1. The summed E-state index contributed by atoms with van der Waals surface area (Å²) in [7, 11) is -3.60. The van der Waals surface area contributed by atoms with Gasteiger partial charge >= 0.3 is 6.09 Å². The van der Waals surface area contributed by atoms with Crippen LogP contribution in [0.5, 0.6) is 0 Å². The monoisotopic (exact) mass is 355 g/mol. The highest BCUT2D eigenvalue weighted by Gasteiger charge is 2.35. The third-order valence-corrected chi connectivity index (χ3v) is 5.62. The predicted molar refractivity (Wildman–Crippen MR) is 92.0 cm³/mol. The SMILES string of the molecule is C[C@H]1CN(S(=O)(=O)c2ccc(N)cc2)CCN1C(=O)OC(C)(C)C. The van der Waals surface area contributed by atoms with Crippen molar-refractivity contribution in [2.75, 3.05) is 25.4 Å². The number of carbonyl (C=O) groups excluding carboxylic acids is 1. The molecule has 7 nitrogen and oxygen atoms in total. The van der Waals surface area contributed by atoms with Gasteiger partial charge in [0.05, 0.1) is 4.90 Å². The summed E-state index contributed by atoms with van der Waals surface area (Å²) in [5, 5.41) is 0. The number of nitrogen functional groups attached to an aromatic ring is 1. The van der Waals surface area contributed by atoms with Crippen LogP contribution in [0.2, 0.25) is 0 Å². The molecule has 2 N–H and O–H groups in total. The summed E-state index contributed by atoms with van der Waals surface area (Å²) in [4.78, 5) is 14.0. The van der Waals surface area contributed by atoms with Crippen LogP contribution in [-0.4, -0.2) is 55.0 Å². The summed E-state index contributed by atoms with van der Waals surface area (Å²) in [6.45, 7) is 7.98. The van der Waals surface area contributed by atoms with E-state index in [0.29, 0.717) is 12.2 Å². The molecule has 1 heterocycles. The molecule has 1 fully saturated rings. The first-order chi connectivity index (χ1) is 11.0. The molecule has 0 bridgehead atoms. The van der Waals surface area contributed by atoms with Gasteiger partial charge in [-0.15, -0.1) is 0 Å². The van der Waals surface area contributed by atoms with Gasteiger partial charge in [0, 0.05) is 31.4 Å². The molecule has 0 saturated carbocycles. The van der Waals surface area contributed by atoms with Gasteiger partial charge in [-0.3, -0.25) is 0 Å². The molecule has 8 heteroatoms. The number of amides is 1. The summed E-state index contributed by atoms with van der Waals surface area (Å²) >= 11 is 0. The van der Waals surface area contributed by atoms with Crippen LogP contribution < -0.4 is 5.73 Å². The van der Waals surface area contributed by atoms with Gasteiger partial charge in [-0.1, -0.05) is 0 Å². The van der Waals surface area contributed by atoms with Crippen molar-refractivity contribution in [2.45, 2.75) is 44.2 Å². The lowest BCUT2D eigenvalue weighted by atomic mass is 10.2. The van der Waals surface area contributed by atoms with E-state index in [9.17, 15) is 13.2 Å². The van der Waals surface area contributed by atoms with Crippen LogP contribution in [0.1, 0.15) is 27.7 Å². The van der Waals surface area contributed by atoms with Crippen LogP contribution >= 0.6 is 0 Å². The Bertz CT molecular complexity index is 695. The molecule has 134 valence electrons. The van der Waals surface area contributed by atoms with E-state index >= 15 is 0 Å². The van der Waals surface area contributed by atoms with Gasteiger partial charge in [0.25, 0.3) is 0 Å². The average Bonchev–Trinajstić information content (AvgIpc) is 2.45. The Hall–Kier alpha value is -1.80. The summed E-state index contributed by atoms with van der Waals surface area (Å²) < 4.78 is 32.2. The molecule has 0 aromatic heterocycles. The van der Waals surface area contributed by atoms with Crippen molar-refractivity contribution in [1.29, 1.82) is 0 Å². The minimum Gasteiger partial charge on any atom is -0.444 e. The van der Waals surface area contributed by atoms with Gasteiger partial charge < -0.3 is 15.4 Å². The Morgan fingerprint density at radius 2 is 1.79 bits per heavy atom. The minimum absolute atomic E-state index is 0.203. The number of hydrogen-bond acceptors (Lipinski definition) is 5. The van der Waals surface area contributed by atoms with E-state index in [0.717, 1.165) is 0 Å². The molecule has 1 aliphatic heterocycles. The zero-order valence-corrected chi connectivity index (χ0v) is 15.3. The maximum absolute atomic E-state index is 12.7. The highest BCUT2D eigenvalue weighted by atomic mass is 32.2. The van der Waals surface area contributed by atoms with Crippen molar-refractivity contribution < 1.29 is 17.9 Å². The topological polar surface area (TPSA) is 92.9 Å². The van der Waals surface area contributed by atoms with Crippen LogP contribution in [0.25, 0.3) is 0 Å². The van der Waals surface area contributed by atoms with Crippen LogP contribution in [0.4, 0.5) is 10.5 Å². The second-order valence-corrected chi connectivity index (χ2v) is 8.89. The molecule has 1 aliphatic rings. The fraction of sp³-hybridized carbons (Fsp3) is 0.562. The quantitative estimate of drug-likeness (QED) is 0.818. The number of benzene rings is 1. The number of anilines is 1. The molecule has 24 heavy (non-hydrogen) atoms. The normalized spacial score (nSPS) is 20.0. The Morgan fingerprint density at radius 1 is 1.21 bits per heavy atom. The first-order valence-electron chi connectivity index (χ1n) is 7.86. The van der Waals surface area contributed by atoms with E-state index in [4.69, 9.17) is 10.5 Å². The Labute approximate surface area is 143 Å². The van der Waals surface area contributed by atoms with E-state index in [1.807, 2.05) is 6.92 Å². The maximum atomic E-state index is 12.7. The van der Waals surface area contributed by atoms with E-state index in [-0.39, 0.29) is 24.0 Å². The van der Waals surface area contributed by atoms with Gasteiger partial charge in [0.1, 0.15) is 5.60 Å². The Morgan fingerprint density at radius 3 is 2.29 bits per heavy atom. The highest BCUT2D eigenvalue weighted by molar-refractivity contribution is 7.89. The van der Waals surface area contributed by atoms with Crippen molar-refractivity contribution >= 4 is 21.8 Å². The van der Waals surface area contributed by atoms with Crippen molar-refractivity contribution in [3.8, 4) is 0 Å². The first kappa shape index (κ1) is 18.5. The van der Waals surface area contributed by atoms with Crippen LogP contribution in [0.15, 0.2) is 29.2 Å². The highest BCUT2D eigenvalue weighted by Crippen LogP contribution is 2.22. The largest absolute Gasteiger partial charge is 0.444 e. The van der Waals surface area contributed by atoms with E-state index < -0.39 is 21.7 Å². The van der Waals surface area contributed by atoms with Crippen molar-refractivity contribution in [3.05, 3.63) is 24.3 Å². The van der Waals surface area contributed by atoms with Gasteiger partial charge in [0.15, 0.2) is 0 Å². The number of rotatable bonds is 2. The number of sulfonamides is 1. The predicted octanol–water partition coefficient (Wildman–Crippen LogP) is 1.90. The minimum atomic E-state index is -3.60. The van der Waals surface area contributed by atoms with Gasteiger partial charge in [-0.25, -0.2) is 13.2 Å². The molecule has 0 radical (unpaired) electrons. The van der Waals surface area contributed by atoms with E-state index in [2.05, 4.69) is 0 Å². The molecule has 1 amide bonds. The summed E-state index contributed by atoms with van der Waals surface area (Å²) in [5.41, 5.74) is 5.54. The summed E-state index contributed by atoms with van der Waals surface area (Å²) in [6.07, 6.45) is -0.417. The summed E-state index contributed by atoms with van der Waals surface area (Å²) in [6, 6.07) is 5.85. The second-order valence-electron chi connectivity index (χ2n) is 6.95. The fourth-order valence-corrected chi connectivity index (χ4v) is 4.04. The lowest BCUT2D eigenvalue weighted by Crippen LogP contribution is -2.56. The second kappa shape index (κ2) is 6.60. The molecular formula is C16H25N3O4S. The lowest BCUT2D eigenvalue weighted by molar-refractivity contribution is 0.00859. The van der Waals surface area contributed by atoms with Gasteiger partial charge in [-0.2, -0.15) is 4.31 Å². The lowest BCUT2D eigenvalue weighted by Gasteiger charge is -2.39. The first-order valence-corrected chi connectivity index (χ1v) is 9.30. The maximum Gasteiger partial charge on any atom is 0.410 e. The zero-order chi connectivity index (χ0) is 18.1. The number of nitrogens with zero attached hydrogens (tertiary/aromatic N) is 2. The van der Waals surface area contributed by atoms with Crippen LogP contribution in [-0.2, 0) is 14.8 Å². The molecule has 0 unspecified atom stereocenters. The molecular weight excluding hydrogens is 330 g/mol. The van der Waals surface area contributed by atoms with Gasteiger partial charge in [0.2, 0.25) is 10.0 Å².